The lowest BCUT2D eigenvalue weighted by molar-refractivity contribution is 0.0422. The van der Waals surface area contributed by atoms with E-state index in [0.29, 0.717) is 12.5 Å². The molecule has 3 nitrogen and oxygen atoms in total. The van der Waals surface area contributed by atoms with Gasteiger partial charge >= 0.3 is 0 Å². The predicted molar refractivity (Wildman–Crippen MR) is 79.1 cm³/mol. The third-order valence-corrected chi connectivity index (χ3v) is 3.93. The molecule has 1 atom stereocenters. The van der Waals surface area contributed by atoms with Gasteiger partial charge in [-0.05, 0) is 43.4 Å². The van der Waals surface area contributed by atoms with Gasteiger partial charge < -0.3 is 15.4 Å². The summed E-state index contributed by atoms with van der Waals surface area (Å²) in [7, 11) is 2.21. The molecule has 0 aliphatic carbocycles. The topological polar surface area (TPSA) is 38.5 Å². The van der Waals surface area contributed by atoms with Gasteiger partial charge in [-0.2, -0.15) is 0 Å². The summed E-state index contributed by atoms with van der Waals surface area (Å²) in [5.41, 5.74) is 8.44. The van der Waals surface area contributed by atoms with E-state index in [0.717, 1.165) is 32.7 Å². The molecule has 0 spiro atoms. The predicted octanol–water partition coefficient (Wildman–Crippen LogP) is 2.05. The number of likely N-dealkylation sites (N-methyl/N-ethyl adjacent to an activating group) is 1. The second-order valence-electron chi connectivity index (χ2n) is 5.57. The smallest absolute Gasteiger partial charge is 0.0506 e. The van der Waals surface area contributed by atoms with Crippen LogP contribution >= 0.6 is 0 Å². The molecule has 1 heterocycles. The van der Waals surface area contributed by atoms with Gasteiger partial charge in [0.15, 0.2) is 0 Å². The first-order valence-corrected chi connectivity index (χ1v) is 7.32. The number of benzene rings is 1. The van der Waals surface area contributed by atoms with Crippen LogP contribution in [0.3, 0.4) is 0 Å². The summed E-state index contributed by atoms with van der Waals surface area (Å²) in [6.45, 7) is 4.75. The number of nitrogens with zero attached hydrogens (tertiary/aromatic N) is 1. The highest BCUT2D eigenvalue weighted by Crippen LogP contribution is 2.15. The summed E-state index contributed by atoms with van der Waals surface area (Å²) in [5.74, 6) is 0.712. The molecule has 1 aromatic carbocycles. The van der Waals surface area contributed by atoms with E-state index in [2.05, 4.69) is 36.2 Å². The van der Waals surface area contributed by atoms with E-state index in [1.807, 2.05) is 0 Å². The summed E-state index contributed by atoms with van der Waals surface area (Å²) in [6.07, 6.45) is 3.61. The average molecular weight is 262 g/mol. The molecule has 1 aliphatic rings. The van der Waals surface area contributed by atoms with Crippen LogP contribution in [0.15, 0.2) is 24.3 Å². The maximum absolute atomic E-state index is 5.78. The van der Waals surface area contributed by atoms with Crippen LogP contribution in [-0.2, 0) is 17.7 Å². The first-order valence-electron chi connectivity index (χ1n) is 7.32. The van der Waals surface area contributed by atoms with Crippen molar-refractivity contribution < 1.29 is 4.74 Å². The van der Waals surface area contributed by atoms with E-state index in [1.165, 1.54) is 24.0 Å². The molecule has 0 bridgehead atoms. The maximum atomic E-state index is 5.78. The minimum Gasteiger partial charge on any atom is -0.381 e. The quantitative estimate of drug-likeness (QED) is 0.852. The molecule has 1 saturated heterocycles. The molecule has 1 fully saturated rings. The molecule has 2 rings (SSSR count). The largest absolute Gasteiger partial charge is 0.381 e. The maximum Gasteiger partial charge on any atom is 0.0506 e. The molecule has 1 aliphatic heterocycles. The zero-order valence-corrected chi connectivity index (χ0v) is 12.0. The Hall–Kier alpha value is -0.900. The lowest BCUT2D eigenvalue weighted by atomic mass is 10.0. The SMILES string of the molecule is CN(CCc1ccccc1CN)CC1CCCOC1. The van der Waals surface area contributed by atoms with Crippen LogP contribution in [0.5, 0.6) is 0 Å². The van der Waals surface area contributed by atoms with Gasteiger partial charge in [0.05, 0.1) is 6.61 Å². The van der Waals surface area contributed by atoms with Crippen LogP contribution in [0.2, 0.25) is 0 Å². The lowest BCUT2D eigenvalue weighted by Gasteiger charge is -2.27. The van der Waals surface area contributed by atoms with E-state index < -0.39 is 0 Å². The Bertz CT molecular complexity index is 375. The van der Waals surface area contributed by atoms with Crippen molar-refractivity contribution >= 4 is 0 Å². The summed E-state index contributed by atoms with van der Waals surface area (Å²) in [5, 5.41) is 0. The molecule has 1 aromatic rings. The fraction of sp³-hybridized carbons (Fsp3) is 0.625. The van der Waals surface area contributed by atoms with Crippen molar-refractivity contribution in [3.8, 4) is 0 Å². The van der Waals surface area contributed by atoms with Crippen LogP contribution in [0.25, 0.3) is 0 Å². The van der Waals surface area contributed by atoms with Crippen molar-refractivity contribution in [2.75, 3.05) is 33.4 Å². The van der Waals surface area contributed by atoms with Gasteiger partial charge in [0.2, 0.25) is 0 Å². The Morgan fingerprint density at radius 2 is 2.11 bits per heavy atom. The monoisotopic (exact) mass is 262 g/mol. The highest BCUT2D eigenvalue weighted by Gasteiger charge is 2.15. The van der Waals surface area contributed by atoms with Crippen LogP contribution in [-0.4, -0.2) is 38.3 Å². The molecule has 3 heteroatoms. The first kappa shape index (κ1) is 14.5. The third-order valence-electron chi connectivity index (χ3n) is 3.93. The molecule has 19 heavy (non-hydrogen) atoms. The van der Waals surface area contributed by atoms with Crippen LogP contribution in [0.4, 0.5) is 0 Å². The number of ether oxygens (including phenoxy) is 1. The van der Waals surface area contributed by atoms with Crippen molar-refractivity contribution in [2.45, 2.75) is 25.8 Å². The van der Waals surface area contributed by atoms with Crippen molar-refractivity contribution in [1.82, 2.24) is 4.90 Å². The number of nitrogens with two attached hydrogens (primary N) is 1. The van der Waals surface area contributed by atoms with Gasteiger partial charge in [0, 0.05) is 26.2 Å². The Kier molecular flexibility index (Phi) is 5.83. The Morgan fingerprint density at radius 3 is 2.79 bits per heavy atom. The Balaban J connectivity index is 1.77. The average Bonchev–Trinajstić information content (AvgIpc) is 2.46. The van der Waals surface area contributed by atoms with Crippen molar-refractivity contribution in [2.24, 2.45) is 11.7 Å². The molecule has 0 amide bonds. The fourth-order valence-electron chi connectivity index (χ4n) is 2.80. The van der Waals surface area contributed by atoms with Gasteiger partial charge in [-0.1, -0.05) is 24.3 Å². The van der Waals surface area contributed by atoms with E-state index in [9.17, 15) is 0 Å². The number of hydrogen-bond acceptors (Lipinski definition) is 3. The molecular weight excluding hydrogens is 236 g/mol. The minimum absolute atomic E-state index is 0.635. The molecule has 106 valence electrons. The fourth-order valence-corrected chi connectivity index (χ4v) is 2.80. The summed E-state index contributed by atoms with van der Waals surface area (Å²) >= 11 is 0. The van der Waals surface area contributed by atoms with Gasteiger partial charge in [0.1, 0.15) is 0 Å². The van der Waals surface area contributed by atoms with Gasteiger partial charge in [-0.15, -0.1) is 0 Å². The summed E-state index contributed by atoms with van der Waals surface area (Å²) in [4.78, 5) is 2.42. The molecule has 2 N–H and O–H groups in total. The Labute approximate surface area is 116 Å². The first-order chi connectivity index (χ1) is 9.29. The second-order valence-corrected chi connectivity index (χ2v) is 5.57. The summed E-state index contributed by atoms with van der Waals surface area (Å²) < 4.78 is 5.54. The van der Waals surface area contributed by atoms with Gasteiger partial charge in [-0.3, -0.25) is 0 Å². The second kappa shape index (κ2) is 7.63. The van der Waals surface area contributed by atoms with E-state index in [4.69, 9.17) is 10.5 Å². The molecule has 0 radical (unpaired) electrons. The zero-order chi connectivity index (χ0) is 13.5. The standard InChI is InChI=1S/C16H26N2O/c1-18(12-14-5-4-10-19-13-14)9-8-15-6-2-3-7-16(15)11-17/h2-3,6-7,14H,4-5,8-13,17H2,1H3. The Morgan fingerprint density at radius 1 is 1.32 bits per heavy atom. The summed E-state index contributed by atoms with van der Waals surface area (Å²) in [6, 6.07) is 8.49. The van der Waals surface area contributed by atoms with Crippen LogP contribution in [0, 0.1) is 5.92 Å². The van der Waals surface area contributed by atoms with Gasteiger partial charge in [0.25, 0.3) is 0 Å². The highest BCUT2D eigenvalue weighted by atomic mass is 16.5. The van der Waals surface area contributed by atoms with E-state index in [1.54, 1.807) is 0 Å². The minimum atomic E-state index is 0.635. The molecule has 0 aromatic heterocycles. The normalized spacial score (nSPS) is 19.8. The van der Waals surface area contributed by atoms with Crippen molar-refractivity contribution in [3.05, 3.63) is 35.4 Å². The lowest BCUT2D eigenvalue weighted by Crippen LogP contribution is -2.32. The molecule has 1 unspecified atom stereocenters. The van der Waals surface area contributed by atoms with Crippen LogP contribution < -0.4 is 5.73 Å². The van der Waals surface area contributed by atoms with Crippen molar-refractivity contribution in [1.29, 1.82) is 0 Å². The molecular formula is C16H26N2O. The third kappa shape index (κ3) is 4.60. The number of hydrogen-bond donors (Lipinski definition) is 1. The highest BCUT2D eigenvalue weighted by molar-refractivity contribution is 5.27. The zero-order valence-electron chi connectivity index (χ0n) is 12.0. The van der Waals surface area contributed by atoms with E-state index >= 15 is 0 Å². The van der Waals surface area contributed by atoms with Crippen LogP contribution in [0.1, 0.15) is 24.0 Å². The van der Waals surface area contributed by atoms with E-state index in [-0.39, 0.29) is 0 Å². The van der Waals surface area contributed by atoms with Crippen molar-refractivity contribution in [3.63, 3.8) is 0 Å². The molecule has 0 saturated carbocycles. The van der Waals surface area contributed by atoms with Gasteiger partial charge in [-0.25, -0.2) is 0 Å². The number of rotatable bonds is 6.